The maximum Gasteiger partial charge on any atom is 0.203 e. The summed E-state index contributed by atoms with van der Waals surface area (Å²) in [5, 5.41) is 3.47. The van der Waals surface area contributed by atoms with E-state index in [0.29, 0.717) is 12.1 Å². The molecule has 0 radical (unpaired) electrons. The number of aromatic nitrogens is 2. The molecule has 1 aromatic rings. The number of hydrogen-bond donors (Lipinski definition) is 1. The van der Waals surface area contributed by atoms with E-state index in [4.69, 9.17) is 4.74 Å². The molecule has 3 rings (SSSR count). The van der Waals surface area contributed by atoms with Gasteiger partial charge >= 0.3 is 0 Å². The molecule has 0 bridgehead atoms. The molecule has 4 heteroatoms. The van der Waals surface area contributed by atoms with Gasteiger partial charge in [-0.1, -0.05) is 0 Å². The maximum atomic E-state index is 5.38. The van der Waals surface area contributed by atoms with E-state index in [-0.39, 0.29) is 0 Å². The van der Waals surface area contributed by atoms with E-state index in [0.717, 1.165) is 32.0 Å². The van der Waals surface area contributed by atoms with Crippen molar-refractivity contribution in [3.63, 3.8) is 0 Å². The number of nitrogens with zero attached hydrogens (tertiary/aromatic N) is 2. The summed E-state index contributed by atoms with van der Waals surface area (Å²) >= 11 is 0. The van der Waals surface area contributed by atoms with Crippen molar-refractivity contribution in [1.82, 2.24) is 9.55 Å². The molecular weight excluding hydrogens is 190 g/mol. The summed E-state index contributed by atoms with van der Waals surface area (Å²) in [6.07, 6.45) is 8.77. The molecule has 82 valence electrons. The van der Waals surface area contributed by atoms with E-state index in [2.05, 4.69) is 21.1 Å². The largest absolute Gasteiger partial charge is 0.381 e. The second-order valence-electron chi connectivity index (χ2n) is 4.42. The second-order valence-corrected chi connectivity index (χ2v) is 4.42. The normalized spacial score (nSPS) is 22.9. The van der Waals surface area contributed by atoms with Crippen molar-refractivity contribution >= 4 is 5.95 Å². The fraction of sp³-hybridized carbons (Fsp3) is 0.727. The second kappa shape index (κ2) is 3.85. The summed E-state index contributed by atoms with van der Waals surface area (Å²) in [7, 11) is 0. The molecule has 0 amide bonds. The number of rotatable bonds is 3. The highest BCUT2D eigenvalue weighted by atomic mass is 16.5. The molecule has 0 unspecified atom stereocenters. The molecule has 2 fully saturated rings. The third-order valence-electron chi connectivity index (χ3n) is 3.16. The highest BCUT2D eigenvalue weighted by Gasteiger charge is 2.24. The Labute approximate surface area is 89.6 Å². The lowest BCUT2D eigenvalue weighted by Gasteiger charge is -2.25. The Morgan fingerprint density at radius 3 is 2.80 bits per heavy atom. The Hall–Kier alpha value is -1.03. The zero-order valence-corrected chi connectivity index (χ0v) is 8.85. The van der Waals surface area contributed by atoms with Crippen molar-refractivity contribution in [2.75, 3.05) is 18.5 Å². The number of hydrogen-bond acceptors (Lipinski definition) is 3. The molecule has 0 aromatic carbocycles. The number of nitrogens with one attached hydrogen (secondary N) is 1. The van der Waals surface area contributed by atoms with Gasteiger partial charge in [0.15, 0.2) is 0 Å². The molecule has 0 atom stereocenters. The Bertz CT molecular complexity index is 326. The van der Waals surface area contributed by atoms with Gasteiger partial charge in [-0.05, 0) is 25.7 Å². The van der Waals surface area contributed by atoms with Crippen molar-refractivity contribution < 1.29 is 4.74 Å². The Balaban J connectivity index is 1.73. The van der Waals surface area contributed by atoms with E-state index >= 15 is 0 Å². The van der Waals surface area contributed by atoms with Crippen LogP contribution in [0.2, 0.25) is 0 Å². The first-order valence-electron chi connectivity index (χ1n) is 5.80. The van der Waals surface area contributed by atoms with Crippen molar-refractivity contribution in [3.05, 3.63) is 12.4 Å². The first kappa shape index (κ1) is 9.21. The van der Waals surface area contributed by atoms with Gasteiger partial charge < -0.3 is 14.6 Å². The van der Waals surface area contributed by atoms with Gasteiger partial charge in [-0.15, -0.1) is 0 Å². The van der Waals surface area contributed by atoms with E-state index in [9.17, 15) is 0 Å². The standard InChI is InChI=1S/C11H17N3O/c1-2-9(1)13-11-12-5-6-14(11)10-3-7-15-8-4-10/h5-6,9-10H,1-4,7-8H2,(H,12,13). The summed E-state index contributed by atoms with van der Waals surface area (Å²) in [5.41, 5.74) is 0. The first-order valence-corrected chi connectivity index (χ1v) is 5.80. The Kier molecular flexibility index (Phi) is 2.37. The summed E-state index contributed by atoms with van der Waals surface area (Å²) in [4.78, 5) is 4.38. The third kappa shape index (κ3) is 2.00. The molecule has 0 spiro atoms. The van der Waals surface area contributed by atoms with Gasteiger partial charge in [0.05, 0.1) is 0 Å². The van der Waals surface area contributed by atoms with Crippen LogP contribution in [-0.4, -0.2) is 28.8 Å². The zero-order chi connectivity index (χ0) is 10.1. The smallest absolute Gasteiger partial charge is 0.203 e. The number of anilines is 1. The van der Waals surface area contributed by atoms with Gasteiger partial charge in [0.1, 0.15) is 0 Å². The van der Waals surface area contributed by atoms with Crippen LogP contribution < -0.4 is 5.32 Å². The van der Waals surface area contributed by atoms with Gasteiger partial charge in [-0.25, -0.2) is 4.98 Å². The Morgan fingerprint density at radius 1 is 1.27 bits per heavy atom. The van der Waals surface area contributed by atoms with Crippen molar-refractivity contribution in [3.8, 4) is 0 Å². The molecule has 1 saturated heterocycles. The predicted molar refractivity (Wildman–Crippen MR) is 58.0 cm³/mol. The SMILES string of the molecule is c1cn(C2CCOCC2)c(NC2CC2)n1. The van der Waals surface area contributed by atoms with Gasteiger partial charge in [0.2, 0.25) is 5.95 Å². The zero-order valence-electron chi connectivity index (χ0n) is 8.85. The average molecular weight is 207 g/mol. The van der Waals surface area contributed by atoms with E-state index < -0.39 is 0 Å². The molecular formula is C11H17N3O. The molecule has 15 heavy (non-hydrogen) atoms. The monoisotopic (exact) mass is 207 g/mol. The first-order chi connectivity index (χ1) is 7.43. The van der Waals surface area contributed by atoms with Crippen LogP contribution in [0.4, 0.5) is 5.95 Å². The highest BCUT2D eigenvalue weighted by molar-refractivity contribution is 5.30. The van der Waals surface area contributed by atoms with Gasteiger partial charge in [0, 0.05) is 37.7 Å². The van der Waals surface area contributed by atoms with Crippen molar-refractivity contribution in [1.29, 1.82) is 0 Å². The summed E-state index contributed by atoms with van der Waals surface area (Å²) < 4.78 is 7.66. The number of ether oxygens (including phenoxy) is 1. The minimum absolute atomic E-state index is 0.572. The lowest BCUT2D eigenvalue weighted by atomic mass is 10.1. The topological polar surface area (TPSA) is 39.1 Å². The minimum atomic E-state index is 0.572. The van der Waals surface area contributed by atoms with Crippen molar-refractivity contribution in [2.45, 2.75) is 37.8 Å². The molecule has 1 aliphatic carbocycles. The van der Waals surface area contributed by atoms with E-state index in [1.54, 1.807) is 0 Å². The van der Waals surface area contributed by atoms with Crippen LogP contribution in [-0.2, 0) is 4.74 Å². The summed E-state index contributed by atoms with van der Waals surface area (Å²) in [6.45, 7) is 1.76. The van der Waals surface area contributed by atoms with E-state index in [1.807, 2.05) is 6.20 Å². The van der Waals surface area contributed by atoms with Crippen LogP contribution in [0.25, 0.3) is 0 Å². The molecule has 1 aliphatic heterocycles. The van der Waals surface area contributed by atoms with Gasteiger partial charge in [-0.3, -0.25) is 0 Å². The molecule has 1 N–H and O–H groups in total. The maximum absolute atomic E-state index is 5.38. The van der Waals surface area contributed by atoms with Gasteiger partial charge in [-0.2, -0.15) is 0 Å². The van der Waals surface area contributed by atoms with Crippen LogP contribution in [0.15, 0.2) is 12.4 Å². The van der Waals surface area contributed by atoms with E-state index in [1.165, 1.54) is 12.8 Å². The molecule has 2 heterocycles. The number of imidazole rings is 1. The fourth-order valence-electron chi connectivity index (χ4n) is 2.09. The lowest BCUT2D eigenvalue weighted by Crippen LogP contribution is -2.21. The highest BCUT2D eigenvalue weighted by Crippen LogP contribution is 2.28. The molecule has 2 aliphatic rings. The molecule has 1 saturated carbocycles. The third-order valence-corrected chi connectivity index (χ3v) is 3.16. The summed E-state index contributed by atoms with van der Waals surface area (Å²) in [6, 6.07) is 1.24. The van der Waals surface area contributed by atoms with Crippen LogP contribution in [0, 0.1) is 0 Å². The quantitative estimate of drug-likeness (QED) is 0.821. The minimum Gasteiger partial charge on any atom is -0.381 e. The lowest BCUT2D eigenvalue weighted by molar-refractivity contribution is 0.0701. The average Bonchev–Trinajstić information content (AvgIpc) is 2.96. The Morgan fingerprint density at radius 2 is 2.07 bits per heavy atom. The van der Waals surface area contributed by atoms with Crippen LogP contribution in [0.1, 0.15) is 31.7 Å². The van der Waals surface area contributed by atoms with Crippen LogP contribution in [0.5, 0.6) is 0 Å². The van der Waals surface area contributed by atoms with Crippen molar-refractivity contribution in [2.24, 2.45) is 0 Å². The predicted octanol–water partition coefficient (Wildman–Crippen LogP) is 1.81. The van der Waals surface area contributed by atoms with Crippen LogP contribution >= 0.6 is 0 Å². The summed E-state index contributed by atoms with van der Waals surface area (Å²) in [5.74, 6) is 1.05. The molecule has 1 aromatic heterocycles. The fourth-order valence-corrected chi connectivity index (χ4v) is 2.09. The van der Waals surface area contributed by atoms with Crippen LogP contribution in [0.3, 0.4) is 0 Å². The van der Waals surface area contributed by atoms with Gasteiger partial charge in [0.25, 0.3) is 0 Å². The molecule has 4 nitrogen and oxygen atoms in total.